The van der Waals surface area contributed by atoms with Crippen LogP contribution in [0.15, 0.2) is 24.3 Å². The Hall–Kier alpha value is -2.25. The van der Waals surface area contributed by atoms with Crippen molar-refractivity contribution in [2.75, 3.05) is 0 Å². The highest BCUT2D eigenvalue weighted by atomic mass is 19.4. The third kappa shape index (κ3) is 3.47. The third-order valence-electron chi connectivity index (χ3n) is 4.40. The Morgan fingerprint density at radius 2 is 1.79 bits per heavy atom. The number of carbonyl (C=O) groups is 2. The number of hydrogen-bond donors (Lipinski definition) is 2. The summed E-state index contributed by atoms with van der Waals surface area (Å²) in [7, 11) is 0. The highest BCUT2D eigenvalue weighted by Gasteiger charge is 2.54. The van der Waals surface area contributed by atoms with Gasteiger partial charge in [-0.15, -0.1) is 0 Å². The first-order valence-corrected chi connectivity index (χ1v) is 7.76. The van der Waals surface area contributed by atoms with E-state index in [4.69, 9.17) is 5.73 Å². The van der Waals surface area contributed by atoms with Crippen molar-refractivity contribution in [2.45, 2.75) is 50.0 Å². The van der Waals surface area contributed by atoms with Gasteiger partial charge in [0.15, 0.2) is 0 Å². The second kappa shape index (κ2) is 5.68. The van der Waals surface area contributed by atoms with Crippen molar-refractivity contribution in [3.63, 3.8) is 0 Å². The van der Waals surface area contributed by atoms with Crippen LogP contribution < -0.4 is 11.1 Å². The summed E-state index contributed by atoms with van der Waals surface area (Å²) in [6.45, 7) is 0.226. The summed E-state index contributed by atoms with van der Waals surface area (Å²) in [6, 6.07) is 4.12. The molecule has 1 aromatic rings. The molecule has 0 atom stereocenters. The molecule has 5 nitrogen and oxygen atoms in total. The van der Waals surface area contributed by atoms with Gasteiger partial charge in [0.2, 0.25) is 5.91 Å². The van der Waals surface area contributed by atoms with Crippen molar-refractivity contribution in [1.82, 2.24) is 10.2 Å². The molecular formula is C16H18F3N3O2. The zero-order valence-electron chi connectivity index (χ0n) is 12.9. The molecule has 0 aliphatic heterocycles. The molecule has 2 aliphatic carbocycles. The number of halogens is 3. The molecule has 0 aromatic heterocycles. The van der Waals surface area contributed by atoms with Crippen LogP contribution in [0.2, 0.25) is 0 Å². The number of urea groups is 1. The predicted molar refractivity (Wildman–Crippen MR) is 79.7 cm³/mol. The van der Waals surface area contributed by atoms with Crippen LogP contribution in [-0.2, 0) is 17.5 Å². The van der Waals surface area contributed by atoms with Crippen LogP contribution in [0, 0.1) is 0 Å². The molecule has 0 spiro atoms. The average Bonchev–Trinajstić information content (AvgIpc) is 3.38. The highest BCUT2D eigenvalue weighted by molar-refractivity contribution is 5.93. The molecule has 0 bridgehead atoms. The van der Waals surface area contributed by atoms with E-state index < -0.39 is 23.3 Å². The Morgan fingerprint density at radius 1 is 1.21 bits per heavy atom. The Balaban J connectivity index is 1.73. The predicted octanol–water partition coefficient (Wildman–Crippen LogP) is 2.40. The smallest absolute Gasteiger partial charge is 0.352 e. The summed E-state index contributed by atoms with van der Waals surface area (Å²) in [4.78, 5) is 25.5. The molecule has 130 valence electrons. The van der Waals surface area contributed by atoms with Gasteiger partial charge in [0.25, 0.3) is 0 Å². The first kappa shape index (κ1) is 16.6. The van der Waals surface area contributed by atoms with Crippen molar-refractivity contribution in [1.29, 1.82) is 0 Å². The lowest BCUT2D eigenvalue weighted by atomic mass is 10.1. The molecule has 2 saturated carbocycles. The summed E-state index contributed by atoms with van der Waals surface area (Å²) in [6.07, 6.45) is -1.60. The van der Waals surface area contributed by atoms with E-state index >= 15 is 0 Å². The van der Waals surface area contributed by atoms with Gasteiger partial charge in [-0.05, 0) is 43.4 Å². The van der Waals surface area contributed by atoms with Crippen LogP contribution in [0.3, 0.4) is 0 Å². The van der Waals surface area contributed by atoms with E-state index in [0.717, 1.165) is 25.0 Å². The van der Waals surface area contributed by atoms with Gasteiger partial charge in [-0.2, -0.15) is 13.2 Å². The Morgan fingerprint density at radius 3 is 2.21 bits per heavy atom. The minimum Gasteiger partial charge on any atom is -0.352 e. The fraction of sp³-hybridized carbons (Fsp3) is 0.500. The van der Waals surface area contributed by atoms with Crippen molar-refractivity contribution in [3.05, 3.63) is 35.4 Å². The van der Waals surface area contributed by atoms with Crippen LogP contribution in [0.1, 0.15) is 36.8 Å². The maximum Gasteiger partial charge on any atom is 0.416 e. The number of amides is 3. The second-order valence-corrected chi connectivity index (χ2v) is 6.43. The summed E-state index contributed by atoms with van der Waals surface area (Å²) in [5.41, 5.74) is 4.11. The van der Waals surface area contributed by atoms with Gasteiger partial charge in [-0.1, -0.05) is 12.1 Å². The molecule has 8 heteroatoms. The van der Waals surface area contributed by atoms with E-state index in [1.807, 2.05) is 0 Å². The second-order valence-electron chi connectivity index (χ2n) is 6.43. The van der Waals surface area contributed by atoms with Crippen molar-refractivity contribution < 1.29 is 22.8 Å². The molecule has 3 amide bonds. The van der Waals surface area contributed by atoms with E-state index in [1.165, 1.54) is 12.1 Å². The molecule has 24 heavy (non-hydrogen) atoms. The fourth-order valence-electron chi connectivity index (χ4n) is 2.78. The topological polar surface area (TPSA) is 75.4 Å². The van der Waals surface area contributed by atoms with Gasteiger partial charge in [0, 0.05) is 12.6 Å². The standard InChI is InChI=1S/C16H18F3N3O2/c17-16(18,19)11-3-1-10(2-4-11)9-22(12-5-6-12)13(23)15(7-8-15)21-14(20)24/h1-4,12H,5-9H2,(H3,20,21,24). The maximum absolute atomic E-state index is 12.8. The molecule has 0 unspecified atom stereocenters. The van der Waals surface area contributed by atoms with Gasteiger partial charge in [0.05, 0.1) is 5.56 Å². The Bertz CT molecular complexity index is 650. The number of hydrogen-bond acceptors (Lipinski definition) is 2. The molecule has 3 rings (SSSR count). The van der Waals surface area contributed by atoms with Crippen LogP contribution >= 0.6 is 0 Å². The van der Waals surface area contributed by atoms with Gasteiger partial charge in [-0.25, -0.2) is 4.79 Å². The van der Waals surface area contributed by atoms with Crippen molar-refractivity contribution in [2.24, 2.45) is 5.73 Å². The first-order valence-electron chi connectivity index (χ1n) is 7.76. The summed E-state index contributed by atoms with van der Waals surface area (Å²) in [5.74, 6) is -0.205. The first-order chi connectivity index (χ1) is 11.2. The monoisotopic (exact) mass is 341 g/mol. The van der Waals surface area contributed by atoms with Gasteiger partial charge >= 0.3 is 12.2 Å². The van der Waals surface area contributed by atoms with Crippen LogP contribution in [0.25, 0.3) is 0 Å². The number of nitrogens with two attached hydrogens (primary N) is 1. The lowest BCUT2D eigenvalue weighted by Crippen LogP contribution is -2.52. The number of nitrogens with zero attached hydrogens (tertiary/aromatic N) is 1. The number of carbonyl (C=O) groups excluding carboxylic acids is 2. The van der Waals surface area contributed by atoms with Gasteiger partial charge < -0.3 is 16.0 Å². The SMILES string of the molecule is NC(=O)NC1(C(=O)N(Cc2ccc(C(F)(F)F)cc2)C2CC2)CC1. The summed E-state index contributed by atoms with van der Waals surface area (Å²) in [5, 5.41) is 2.51. The van der Waals surface area contributed by atoms with E-state index in [-0.39, 0.29) is 18.5 Å². The van der Waals surface area contributed by atoms with E-state index in [0.29, 0.717) is 18.4 Å². The molecular weight excluding hydrogens is 323 g/mol. The average molecular weight is 341 g/mol. The lowest BCUT2D eigenvalue weighted by molar-refractivity contribution is -0.138. The van der Waals surface area contributed by atoms with E-state index in [9.17, 15) is 22.8 Å². The van der Waals surface area contributed by atoms with Gasteiger partial charge in [0.1, 0.15) is 5.54 Å². The molecule has 0 saturated heterocycles. The Kier molecular flexibility index (Phi) is 3.93. The van der Waals surface area contributed by atoms with E-state index in [2.05, 4.69) is 5.32 Å². The minimum absolute atomic E-state index is 0.0759. The number of alkyl halides is 3. The third-order valence-corrected chi connectivity index (χ3v) is 4.40. The van der Waals surface area contributed by atoms with Crippen molar-refractivity contribution in [3.8, 4) is 0 Å². The van der Waals surface area contributed by atoms with E-state index in [1.54, 1.807) is 4.90 Å². The number of rotatable bonds is 5. The van der Waals surface area contributed by atoms with Crippen LogP contribution in [0.5, 0.6) is 0 Å². The Labute approximate surface area is 137 Å². The summed E-state index contributed by atoms with van der Waals surface area (Å²) < 4.78 is 37.9. The quantitative estimate of drug-likeness (QED) is 0.863. The molecule has 3 N–H and O–H groups in total. The molecule has 2 aliphatic rings. The minimum atomic E-state index is -4.38. The van der Waals surface area contributed by atoms with Gasteiger partial charge in [-0.3, -0.25) is 4.79 Å². The van der Waals surface area contributed by atoms with Crippen molar-refractivity contribution >= 4 is 11.9 Å². The number of nitrogens with one attached hydrogen (secondary N) is 1. The largest absolute Gasteiger partial charge is 0.416 e. The lowest BCUT2D eigenvalue weighted by Gasteiger charge is -2.28. The zero-order chi connectivity index (χ0) is 17.5. The normalized spacial score (nSPS) is 18.8. The molecule has 2 fully saturated rings. The molecule has 0 radical (unpaired) electrons. The summed E-state index contributed by atoms with van der Waals surface area (Å²) >= 11 is 0. The number of primary amides is 1. The van der Waals surface area contributed by atoms with Crippen LogP contribution in [0.4, 0.5) is 18.0 Å². The molecule has 0 heterocycles. The molecule has 1 aromatic carbocycles. The highest BCUT2D eigenvalue weighted by Crippen LogP contribution is 2.41. The number of benzene rings is 1. The zero-order valence-corrected chi connectivity index (χ0v) is 12.9. The maximum atomic E-state index is 12.8. The van der Waals surface area contributed by atoms with Crippen LogP contribution in [-0.4, -0.2) is 28.4 Å². The fourth-order valence-corrected chi connectivity index (χ4v) is 2.78.